The van der Waals surface area contributed by atoms with Gasteiger partial charge in [-0.05, 0) is 55.7 Å². The minimum atomic E-state index is -3.74. The molecule has 4 aromatic rings. The highest BCUT2D eigenvalue weighted by Crippen LogP contribution is 2.42. The summed E-state index contributed by atoms with van der Waals surface area (Å²) in [7, 11) is -3.74. The highest BCUT2D eigenvalue weighted by atomic mass is 32.2. The molecule has 6 nitrogen and oxygen atoms in total. The Morgan fingerprint density at radius 2 is 1.87 bits per heavy atom. The van der Waals surface area contributed by atoms with Gasteiger partial charge in [-0.3, -0.25) is 4.98 Å². The second-order valence-corrected chi connectivity index (χ2v) is 9.41. The first-order chi connectivity index (χ1) is 14.4. The van der Waals surface area contributed by atoms with Crippen LogP contribution >= 0.6 is 0 Å². The van der Waals surface area contributed by atoms with Crippen molar-refractivity contribution in [3.05, 3.63) is 77.8 Å². The van der Waals surface area contributed by atoms with Crippen molar-refractivity contribution in [2.24, 2.45) is 0 Å². The van der Waals surface area contributed by atoms with Crippen LogP contribution in [0.2, 0.25) is 0 Å². The summed E-state index contributed by atoms with van der Waals surface area (Å²) < 4.78 is 35.0. The number of hydrogen-bond donors (Lipinski definition) is 1. The Labute approximate surface area is 175 Å². The van der Waals surface area contributed by atoms with Crippen LogP contribution in [0.4, 0.5) is 0 Å². The molecular weight excluding hydrogens is 398 g/mol. The van der Waals surface area contributed by atoms with Crippen molar-refractivity contribution >= 4 is 20.9 Å². The van der Waals surface area contributed by atoms with E-state index in [0.717, 1.165) is 23.1 Å². The molecule has 5 rings (SSSR count). The molecule has 2 atom stereocenters. The van der Waals surface area contributed by atoms with Crippen molar-refractivity contribution in [1.82, 2.24) is 14.9 Å². The van der Waals surface area contributed by atoms with Gasteiger partial charge in [0.1, 0.15) is 5.76 Å². The Hall–Kier alpha value is -3.03. The van der Waals surface area contributed by atoms with Crippen LogP contribution in [0.1, 0.15) is 29.4 Å². The van der Waals surface area contributed by atoms with E-state index in [2.05, 4.69) is 14.9 Å². The Bertz CT molecular complexity index is 1330. The lowest BCUT2D eigenvalue weighted by molar-refractivity contribution is 0.393. The van der Waals surface area contributed by atoms with E-state index >= 15 is 0 Å². The maximum Gasteiger partial charge on any atom is 0.241 e. The van der Waals surface area contributed by atoms with Gasteiger partial charge < -0.3 is 4.52 Å². The van der Waals surface area contributed by atoms with E-state index in [-0.39, 0.29) is 16.9 Å². The molecule has 152 valence electrons. The molecule has 30 heavy (non-hydrogen) atoms. The molecule has 0 saturated heterocycles. The maximum atomic E-state index is 13.4. The van der Waals surface area contributed by atoms with Gasteiger partial charge in [-0.15, -0.1) is 0 Å². The second kappa shape index (κ2) is 7.04. The lowest BCUT2D eigenvalue weighted by atomic mass is 10.0. The molecule has 0 bridgehead atoms. The average Bonchev–Trinajstić information content (AvgIpc) is 3.42. The summed E-state index contributed by atoms with van der Waals surface area (Å²) in [4.78, 5) is 4.62. The van der Waals surface area contributed by atoms with E-state index < -0.39 is 10.0 Å². The lowest BCUT2D eigenvalue weighted by Gasteiger charge is -2.12. The van der Waals surface area contributed by atoms with Crippen molar-refractivity contribution in [2.75, 3.05) is 0 Å². The molecule has 2 aromatic carbocycles. The highest BCUT2D eigenvalue weighted by Gasteiger charge is 2.41. The number of sulfonamides is 1. The summed E-state index contributed by atoms with van der Waals surface area (Å²) in [5.74, 6) is 0.849. The lowest BCUT2D eigenvalue weighted by Crippen LogP contribution is -2.27. The second-order valence-electron chi connectivity index (χ2n) is 7.72. The van der Waals surface area contributed by atoms with Crippen molar-refractivity contribution < 1.29 is 12.9 Å². The third-order valence-electron chi connectivity index (χ3n) is 5.62. The van der Waals surface area contributed by atoms with Crippen molar-refractivity contribution in [3.8, 4) is 11.1 Å². The fourth-order valence-electron chi connectivity index (χ4n) is 4.07. The smallest absolute Gasteiger partial charge is 0.241 e. The quantitative estimate of drug-likeness (QED) is 0.520. The molecule has 0 aliphatic heterocycles. The van der Waals surface area contributed by atoms with E-state index in [4.69, 9.17) is 4.52 Å². The molecule has 0 spiro atoms. The molecule has 1 saturated carbocycles. The fraction of sp³-hybridized carbons (Fsp3) is 0.217. The molecule has 2 heterocycles. The van der Waals surface area contributed by atoms with Crippen LogP contribution in [0.3, 0.4) is 0 Å². The van der Waals surface area contributed by atoms with E-state index in [1.807, 2.05) is 50.2 Å². The zero-order valence-electron chi connectivity index (χ0n) is 16.7. The van der Waals surface area contributed by atoms with Gasteiger partial charge in [0.05, 0.1) is 16.1 Å². The van der Waals surface area contributed by atoms with Crippen molar-refractivity contribution in [2.45, 2.75) is 37.1 Å². The van der Waals surface area contributed by atoms with E-state index in [0.29, 0.717) is 22.4 Å². The Balaban J connectivity index is 1.56. The number of aryl methyl sites for hydroxylation is 2. The highest BCUT2D eigenvalue weighted by molar-refractivity contribution is 7.89. The number of nitrogens with one attached hydrogen (secondary N) is 1. The Kier molecular flexibility index (Phi) is 4.45. The first-order valence-electron chi connectivity index (χ1n) is 9.83. The number of fused-ring (bicyclic) bond motifs is 1. The van der Waals surface area contributed by atoms with Gasteiger partial charge in [-0.1, -0.05) is 35.5 Å². The largest absolute Gasteiger partial charge is 0.361 e. The predicted molar refractivity (Wildman–Crippen MR) is 115 cm³/mol. The molecule has 1 N–H and O–H groups in total. The van der Waals surface area contributed by atoms with Crippen LogP contribution in [-0.2, 0) is 10.0 Å². The Morgan fingerprint density at radius 3 is 2.60 bits per heavy atom. The molecule has 0 unspecified atom stereocenters. The molecule has 7 heteroatoms. The summed E-state index contributed by atoms with van der Waals surface area (Å²) in [6.45, 7) is 3.66. The van der Waals surface area contributed by atoms with Crippen molar-refractivity contribution in [1.29, 1.82) is 0 Å². The fourth-order valence-corrected chi connectivity index (χ4v) is 5.60. The SMILES string of the molecule is Cc1noc(C)c1-c1cc(S(=O)(=O)N[C@@H]2C[C@H]2c2ccccc2)c2cccnc2c1. The van der Waals surface area contributed by atoms with Crippen LogP contribution in [0.5, 0.6) is 0 Å². The van der Waals surface area contributed by atoms with Gasteiger partial charge in [0.25, 0.3) is 0 Å². The number of rotatable bonds is 5. The monoisotopic (exact) mass is 419 g/mol. The van der Waals surface area contributed by atoms with Crippen LogP contribution in [0, 0.1) is 13.8 Å². The van der Waals surface area contributed by atoms with Crippen LogP contribution < -0.4 is 4.72 Å². The molecule has 1 fully saturated rings. The normalized spacial score (nSPS) is 18.6. The molecule has 0 radical (unpaired) electrons. The summed E-state index contributed by atoms with van der Waals surface area (Å²) in [6.07, 6.45) is 2.46. The summed E-state index contributed by atoms with van der Waals surface area (Å²) in [6, 6.07) is 17.0. The van der Waals surface area contributed by atoms with Gasteiger partial charge in [0, 0.05) is 29.1 Å². The molecule has 0 amide bonds. The molecule has 1 aliphatic carbocycles. The summed E-state index contributed by atoms with van der Waals surface area (Å²) in [5, 5.41) is 4.60. The topological polar surface area (TPSA) is 85.1 Å². The van der Waals surface area contributed by atoms with Gasteiger partial charge in [0.15, 0.2) is 0 Å². The summed E-state index contributed by atoms with van der Waals surface area (Å²) in [5.41, 5.74) is 4.01. The first kappa shape index (κ1) is 19.0. The zero-order chi connectivity index (χ0) is 20.9. The maximum absolute atomic E-state index is 13.4. The molecule has 1 aliphatic rings. The van der Waals surface area contributed by atoms with Gasteiger partial charge in [0.2, 0.25) is 10.0 Å². The number of nitrogens with zero attached hydrogens (tertiary/aromatic N) is 2. The molecular formula is C23H21N3O3S. The van der Waals surface area contributed by atoms with E-state index in [1.165, 1.54) is 0 Å². The third kappa shape index (κ3) is 3.30. The number of hydrogen-bond acceptors (Lipinski definition) is 5. The Morgan fingerprint density at radius 1 is 1.07 bits per heavy atom. The van der Waals surface area contributed by atoms with Gasteiger partial charge in [-0.2, -0.15) is 0 Å². The number of aromatic nitrogens is 2. The van der Waals surface area contributed by atoms with Crippen LogP contribution in [0.15, 0.2) is 70.2 Å². The number of benzene rings is 2. The third-order valence-corrected chi connectivity index (χ3v) is 7.15. The first-order valence-corrected chi connectivity index (χ1v) is 11.3. The van der Waals surface area contributed by atoms with E-state index in [9.17, 15) is 8.42 Å². The van der Waals surface area contributed by atoms with Crippen LogP contribution in [-0.4, -0.2) is 24.6 Å². The van der Waals surface area contributed by atoms with Crippen LogP contribution in [0.25, 0.3) is 22.0 Å². The predicted octanol–water partition coefficient (Wildman–Crippen LogP) is 4.34. The number of pyridine rings is 1. The zero-order valence-corrected chi connectivity index (χ0v) is 17.5. The van der Waals surface area contributed by atoms with Crippen molar-refractivity contribution in [3.63, 3.8) is 0 Å². The van der Waals surface area contributed by atoms with Gasteiger partial charge in [-0.25, -0.2) is 13.1 Å². The standard InChI is InChI=1S/C23H21N3O3S/c1-14-23(15(2)29-25-14)17-11-20-18(9-6-10-24-20)22(12-17)30(27,28)26-21-13-19(21)16-7-4-3-5-8-16/h3-12,19,21,26H,13H2,1-2H3/t19-,21+/m0/s1. The van der Waals surface area contributed by atoms with E-state index in [1.54, 1.807) is 24.4 Å². The minimum absolute atomic E-state index is 0.105. The summed E-state index contributed by atoms with van der Waals surface area (Å²) >= 11 is 0. The molecule has 2 aromatic heterocycles. The van der Waals surface area contributed by atoms with Gasteiger partial charge >= 0.3 is 0 Å². The minimum Gasteiger partial charge on any atom is -0.361 e. The average molecular weight is 420 g/mol.